The molecule has 0 aromatic carbocycles. The number of aliphatic carboxylic acids is 1. The Morgan fingerprint density at radius 1 is 0.406 bits per heavy atom. The molecule has 0 aromatic rings. The van der Waals surface area contributed by atoms with E-state index in [1.165, 1.54) is 122 Å². The summed E-state index contributed by atoms with van der Waals surface area (Å²) in [5, 5.41) is 249. The molecule has 25 N–H and O–H groups in total. The topological polar surface area (TPSA) is 688 Å². The summed E-state index contributed by atoms with van der Waals surface area (Å²) in [6.45, 7) is 0.896. The largest absolute Gasteiger partial charge is 0.477 e. The molecule has 7 fully saturated rings. The normalized spacial score (nSPS) is 37.1. The van der Waals surface area contributed by atoms with Crippen LogP contribution in [-0.4, -0.2) is 416 Å². The number of rotatable bonds is 60. The van der Waals surface area contributed by atoms with E-state index in [9.17, 15) is 131 Å². The minimum Gasteiger partial charge on any atom is -0.477 e. The average Bonchev–Trinajstić information content (AvgIpc) is 0.737. The number of hydrogen-bond donors (Lipinski definition) is 25. The Morgan fingerprint density at radius 3 is 1.23 bits per heavy atom. The van der Waals surface area contributed by atoms with Crippen molar-refractivity contribution in [3.8, 4) is 0 Å². The van der Waals surface area contributed by atoms with Crippen LogP contribution < -0.4 is 21.3 Å². The molecule has 0 spiro atoms. The predicted molar refractivity (Wildman–Crippen MR) is 463 cm³/mol. The van der Waals surface area contributed by atoms with Crippen LogP contribution in [0, 0.1) is 0 Å². The lowest BCUT2D eigenvalue weighted by Crippen LogP contribution is -2.72. The fourth-order valence-electron chi connectivity index (χ4n) is 18.0. The van der Waals surface area contributed by atoms with Crippen molar-refractivity contribution >= 4 is 29.6 Å². The van der Waals surface area contributed by atoms with Crippen molar-refractivity contribution in [1.82, 2.24) is 21.3 Å². The average molecular weight is 1920 g/mol. The summed E-state index contributed by atoms with van der Waals surface area (Å²) in [4.78, 5) is 67.1. The van der Waals surface area contributed by atoms with E-state index >= 15 is 0 Å². The van der Waals surface area contributed by atoms with Crippen molar-refractivity contribution in [3.05, 3.63) is 12.2 Å². The van der Waals surface area contributed by atoms with Gasteiger partial charge in [-0.05, 0) is 26.2 Å². The number of hydrogen-bond acceptors (Lipinski definition) is 39. The summed E-state index contributed by atoms with van der Waals surface area (Å²) in [5.41, 5.74) is 0. The van der Waals surface area contributed by atoms with Crippen molar-refractivity contribution in [2.45, 2.75) is 473 Å². The Kier molecular flexibility index (Phi) is 51.7. The maximum absolute atomic E-state index is 14.1. The van der Waals surface area contributed by atoms with E-state index in [-0.39, 0.29) is 6.42 Å². The van der Waals surface area contributed by atoms with E-state index in [1.807, 2.05) is 0 Å². The van der Waals surface area contributed by atoms with Crippen molar-refractivity contribution in [1.29, 1.82) is 0 Å². The molecule has 0 radical (unpaired) electrons. The molecular formula is C89H158N4O40. The molecule has 44 heteroatoms. The minimum absolute atomic E-state index is 0.101. The summed E-state index contributed by atoms with van der Waals surface area (Å²) in [7, 11) is 0. The highest BCUT2D eigenvalue weighted by Gasteiger charge is 2.63. The molecular weight excluding hydrogens is 1760 g/mol. The van der Waals surface area contributed by atoms with Gasteiger partial charge in [-0.3, -0.25) is 19.2 Å². The third-order valence-electron chi connectivity index (χ3n) is 25.7. The first-order valence-electron chi connectivity index (χ1n) is 48.0. The molecule has 774 valence electrons. The van der Waals surface area contributed by atoms with Crippen molar-refractivity contribution < 1.29 is 198 Å². The van der Waals surface area contributed by atoms with Gasteiger partial charge in [0.1, 0.15) is 159 Å². The van der Waals surface area contributed by atoms with E-state index in [0.29, 0.717) is 12.8 Å². The van der Waals surface area contributed by atoms with E-state index < -0.39 is 315 Å². The standard InChI is InChI=1S/C89H158N4O40/c1-7-9-11-13-15-17-19-21-22-23-24-26-28-30-32-34-36-38-60(106)93-51(52(103)37-35-33-31-29-27-25-20-18-16-14-12-10-8-2)46-120-84-72(115)70(113)75(58(44-98)125-84)127-87-74(117)81(133-89(88(118)119)39-53(104)61(90-48(4)100)79(132-89)65(108)54(105)40-94)76(59(45-99)126-87)128-82-62(91-49(5)101)78(67(110)55(41-95)122-82)130-86-73(116)80(68(111)57(43-97)124-86)131-83-63(92-50(6)102)77(66(109)56(42-96)123-83)129-85-71(114)69(112)64(107)47(3)121-85/h35,37,47,51-59,61-87,94-99,103-105,107-117H,7-34,36,38-46H2,1-6H3,(H,90,100)(H,91,101)(H,92,102)(H,93,106)(H,118,119)/b37-35+/t47?,51-,52+,53?,54+,55?,56?,57?,58?,59?,61+,62?,63?,64+,65+,66+,67-,68-,69?,70+,71-,72?,73?,74?,75+,76-,77+,78+,79?,80-,81+,82-,83-,84+,85+,86-,87-,89-/m0/s1. The van der Waals surface area contributed by atoms with Crippen LogP contribution >= 0.6 is 0 Å². The van der Waals surface area contributed by atoms with Gasteiger partial charge < -0.3 is 195 Å². The number of amides is 4. The third kappa shape index (κ3) is 34.0. The van der Waals surface area contributed by atoms with Crippen LogP contribution in [0.2, 0.25) is 0 Å². The zero-order valence-electron chi connectivity index (χ0n) is 77.5. The number of carboxylic acids is 1. The molecule has 0 bridgehead atoms. The first-order valence-corrected chi connectivity index (χ1v) is 48.0. The summed E-state index contributed by atoms with van der Waals surface area (Å²) in [5.74, 6) is -8.94. The van der Waals surface area contributed by atoms with Gasteiger partial charge in [0, 0.05) is 33.6 Å². The van der Waals surface area contributed by atoms with Gasteiger partial charge in [-0.25, -0.2) is 4.79 Å². The lowest BCUT2D eigenvalue weighted by molar-refractivity contribution is -0.404. The first kappa shape index (κ1) is 116. The quantitative estimate of drug-likeness (QED) is 0.0208. The van der Waals surface area contributed by atoms with Gasteiger partial charge in [-0.1, -0.05) is 193 Å². The molecule has 7 aliphatic rings. The molecule has 0 aromatic heterocycles. The first-order chi connectivity index (χ1) is 63.6. The summed E-state index contributed by atoms with van der Waals surface area (Å²) < 4.78 is 85.0. The molecule has 4 amide bonds. The molecule has 7 rings (SSSR count). The maximum Gasteiger partial charge on any atom is 0.364 e. The molecule has 133 heavy (non-hydrogen) atoms. The van der Waals surface area contributed by atoms with Gasteiger partial charge in [0.2, 0.25) is 23.6 Å². The zero-order chi connectivity index (χ0) is 97.8. The van der Waals surface area contributed by atoms with Gasteiger partial charge in [0.25, 0.3) is 5.79 Å². The summed E-state index contributed by atoms with van der Waals surface area (Å²) >= 11 is 0. The highest BCUT2D eigenvalue weighted by molar-refractivity contribution is 5.77. The van der Waals surface area contributed by atoms with Crippen LogP contribution in [0.4, 0.5) is 0 Å². The number of aliphatic hydroxyl groups excluding tert-OH is 20. The van der Waals surface area contributed by atoms with Crippen molar-refractivity contribution in [3.63, 3.8) is 0 Å². The summed E-state index contributed by atoms with van der Waals surface area (Å²) in [6.07, 6.45) is -34.4. The second-order valence-electron chi connectivity index (χ2n) is 36.3. The number of allylic oxidation sites excluding steroid dienone is 1. The lowest BCUT2D eigenvalue weighted by atomic mass is 9.88. The molecule has 7 aliphatic heterocycles. The number of ether oxygens (including phenoxy) is 14. The van der Waals surface area contributed by atoms with Crippen molar-refractivity contribution in [2.24, 2.45) is 0 Å². The Morgan fingerprint density at radius 2 is 0.782 bits per heavy atom. The van der Waals surface area contributed by atoms with Gasteiger partial charge in [-0.2, -0.15) is 0 Å². The zero-order valence-corrected chi connectivity index (χ0v) is 77.5. The van der Waals surface area contributed by atoms with E-state index in [4.69, 9.17) is 66.3 Å². The molecule has 0 aliphatic carbocycles. The Bertz CT molecular complexity index is 3320. The SMILES string of the molecule is CCCCCCCCCCCCC/C=C/[C@@H](O)[C@H](CO[C@@H]1OC(CO)[C@@H](O[C@@H]2OC(CO)[C@H](O[C@@H]3OC(CO)[C@H](O)[C@H](O[C@@H]4OC(CO)[C@H](O)[C@H](O[C@@H]5OC(CO)[C@@H](O)[C@H](O[C@H]6OC(C)[C@@H](O)C(O)[C@@H]6O)C5NC(C)=O)C4O)C3NC(C)=O)[C@H](O[C@]3(C(=O)O)CC(O)[C@@H](NC(C)=O)C([C@H](O)[C@H](O)CO)O3)C2O)[C@H](O)C1O)NC(=O)CCCCCCCCCCCCCCCCCCC. The predicted octanol–water partition coefficient (Wildman–Crippen LogP) is -3.44. The molecule has 0 saturated carbocycles. The number of carbonyl (C=O) groups excluding carboxylic acids is 4. The van der Waals surface area contributed by atoms with Gasteiger partial charge >= 0.3 is 5.97 Å². The third-order valence-corrected chi connectivity index (χ3v) is 25.7. The Labute approximate surface area is 776 Å². The molecule has 44 nitrogen and oxygen atoms in total. The highest BCUT2D eigenvalue weighted by Crippen LogP contribution is 2.43. The van der Waals surface area contributed by atoms with Gasteiger partial charge in [0.05, 0.1) is 76.6 Å². The second kappa shape index (κ2) is 59.5. The Hall–Kier alpha value is -4.27. The molecule has 7 saturated heterocycles. The molecule has 38 atom stereocenters. The number of nitrogens with one attached hydrogen (secondary N) is 4. The number of aliphatic hydroxyl groups is 20. The van der Waals surface area contributed by atoms with Gasteiger partial charge in [0.15, 0.2) is 37.7 Å². The van der Waals surface area contributed by atoms with Crippen LogP contribution in [0.25, 0.3) is 0 Å². The number of carbonyl (C=O) groups is 5. The molecule has 7 heterocycles. The fourth-order valence-corrected chi connectivity index (χ4v) is 18.0. The number of carboxylic acid groups (broad SMARTS) is 1. The van der Waals surface area contributed by atoms with E-state index in [1.54, 1.807) is 6.08 Å². The van der Waals surface area contributed by atoms with Crippen LogP contribution in [-0.2, 0) is 90.3 Å². The van der Waals surface area contributed by atoms with E-state index in [0.717, 1.165) is 85.0 Å². The van der Waals surface area contributed by atoms with Crippen LogP contribution in [0.5, 0.6) is 0 Å². The number of unbranched alkanes of at least 4 members (excludes halogenated alkanes) is 27. The van der Waals surface area contributed by atoms with Crippen LogP contribution in [0.15, 0.2) is 12.2 Å². The fraction of sp³-hybridized carbons (Fsp3) is 0.921. The lowest BCUT2D eigenvalue weighted by Gasteiger charge is -2.53. The monoisotopic (exact) mass is 1920 g/mol. The maximum atomic E-state index is 14.1. The van der Waals surface area contributed by atoms with Gasteiger partial charge in [-0.15, -0.1) is 0 Å². The smallest absolute Gasteiger partial charge is 0.364 e. The highest BCUT2D eigenvalue weighted by atomic mass is 16.8. The summed E-state index contributed by atoms with van der Waals surface area (Å²) in [6, 6.07) is -6.92. The van der Waals surface area contributed by atoms with E-state index in [2.05, 4.69) is 35.1 Å². The van der Waals surface area contributed by atoms with Crippen LogP contribution in [0.1, 0.15) is 241 Å². The minimum atomic E-state index is -3.48. The van der Waals surface area contributed by atoms with Crippen LogP contribution in [0.3, 0.4) is 0 Å². The second-order valence-corrected chi connectivity index (χ2v) is 36.3. The van der Waals surface area contributed by atoms with Crippen molar-refractivity contribution in [2.75, 3.05) is 46.2 Å². The Balaban J connectivity index is 1.15. The molecule has 14 unspecified atom stereocenters.